The fourth-order valence-electron chi connectivity index (χ4n) is 4.69. The number of carbonyl (C=O) groups excluding carboxylic acids is 1. The number of nitrogens with two attached hydrogens (primary N) is 1. The third kappa shape index (κ3) is 5.12. The molecule has 0 saturated heterocycles. The summed E-state index contributed by atoms with van der Waals surface area (Å²) in [7, 11) is 1.44. The van der Waals surface area contributed by atoms with Gasteiger partial charge in [-0.2, -0.15) is 9.61 Å². The Morgan fingerprint density at radius 1 is 1.08 bits per heavy atom. The van der Waals surface area contributed by atoms with Gasteiger partial charge < -0.3 is 15.2 Å². The zero-order chi connectivity index (χ0) is 25.1. The van der Waals surface area contributed by atoms with Crippen LogP contribution >= 0.6 is 15.9 Å². The molecule has 0 atom stereocenters. The minimum Gasteiger partial charge on any atom is -0.469 e. The molecule has 186 valence electrons. The lowest BCUT2D eigenvalue weighted by molar-refractivity contribution is -0.142. The zero-order valence-corrected chi connectivity index (χ0v) is 21.6. The van der Waals surface area contributed by atoms with Crippen LogP contribution in [0, 0.1) is 5.92 Å². The number of benzene rings is 1. The van der Waals surface area contributed by atoms with E-state index in [0.717, 1.165) is 53.8 Å². The summed E-state index contributed by atoms with van der Waals surface area (Å²) in [6, 6.07) is 14.1. The van der Waals surface area contributed by atoms with E-state index in [2.05, 4.69) is 26.0 Å². The van der Waals surface area contributed by atoms with Crippen molar-refractivity contribution >= 4 is 33.4 Å². The monoisotopic (exact) mass is 549 g/mol. The first-order valence-electron chi connectivity index (χ1n) is 12.1. The number of rotatable bonds is 7. The normalized spacial score (nSPS) is 17.8. The van der Waals surface area contributed by atoms with Crippen molar-refractivity contribution in [2.75, 3.05) is 12.8 Å². The van der Waals surface area contributed by atoms with Gasteiger partial charge in [0.2, 0.25) is 0 Å². The standard InChI is InChI=1S/C27H28BrN5O3/c1-35-24(34)13-17-7-10-20(11-8-17)36-16-23-25(28)26(29)33-27(32-23)21(15-31-33)19-9-12-22(30-14-19)18-5-3-2-4-6-18/h2-6,9,12,14-15,17,20H,7-8,10-11,13,16,29H2,1H3. The Morgan fingerprint density at radius 3 is 2.56 bits per heavy atom. The Balaban J connectivity index is 1.32. The molecule has 1 aromatic carbocycles. The van der Waals surface area contributed by atoms with Gasteiger partial charge in [-0.05, 0) is 53.6 Å². The summed E-state index contributed by atoms with van der Waals surface area (Å²) in [6.07, 6.45) is 7.93. The van der Waals surface area contributed by atoms with E-state index in [1.807, 2.05) is 48.7 Å². The van der Waals surface area contributed by atoms with Crippen LogP contribution in [0.15, 0.2) is 59.3 Å². The number of nitrogen functional groups attached to an aromatic ring is 1. The number of methoxy groups -OCH3 is 1. The van der Waals surface area contributed by atoms with Crippen LogP contribution in [-0.4, -0.2) is 38.8 Å². The van der Waals surface area contributed by atoms with Crippen molar-refractivity contribution in [2.45, 2.75) is 44.8 Å². The van der Waals surface area contributed by atoms with Gasteiger partial charge in [0.25, 0.3) is 0 Å². The van der Waals surface area contributed by atoms with E-state index < -0.39 is 0 Å². The fraction of sp³-hybridized carbons (Fsp3) is 0.333. The van der Waals surface area contributed by atoms with Crippen LogP contribution < -0.4 is 5.73 Å². The highest BCUT2D eigenvalue weighted by Gasteiger charge is 2.25. The number of esters is 1. The Kier molecular flexibility index (Phi) is 7.29. The lowest BCUT2D eigenvalue weighted by Gasteiger charge is -2.28. The first kappa shape index (κ1) is 24.4. The maximum atomic E-state index is 11.5. The number of pyridine rings is 1. The number of aromatic nitrogens is 4. The molecule has 1 fully saturated rings. The maximum Gasteiger partial charge on any atom is 0.305 e. The molecule has 0 radical (unpaired) electrons. The fourth-order valence-corrected chi connectivity index (χ4v) is 5.07. The van der Waals surface area contributed by atoms with Gasteiger partial charge in [-0.1, -0.05) is 36.4 Å². The Bertz CT molecular complexity index is 1350. The molecule has 4 aromatic rings. The van der Waals surface area contributed by atoms with Gasteiger partial charge in [0.05, 0.1) is 41.9 Å². The molecule has 2 N–H and O–H groups in total. The smallest absolute Gasteiger partial charge is 0.305 e. The molecule has 9 heteroatoms. The second-order valence-electron chi connectivity index (χ2n) is 9.08. The van der Waals surface area contributed by atoms with Crippen LogP contribution in [0.5, 0.6) is 0 Å². The zero-order valence-electron chi connectivity index (χ0n) is 20.1. The molecule has 0 bridgehead atoms. The molecular formula is C27H28BrN5O3. The summed E-state index contributed by atoms with van der Waals surface area (Å²) in [5, 5.41) is 4.46. The lowest BCUT2D eigenvalue weighted by Crippen LogP contribution is -2.23. The highest BCUT2D eigenvalue weighted by Crippen LogP contribution is 2.33. The highest BCUT2D eigenvalue weighted by atomic mass is 79.9. The molecule has 3 aromatic heterocycles. The molecule has 1 saturated carbocycles. The van der Waals surface area contributed by atoms with Gasteiger partial charge in [0.1, 0.15) is 5.82 Å². The third-order valence-corrected chi connectivity index (χ3v) is 7.63. The van der Waals surface area contributed by atoms with Gasteiger partial charge in [-0.15, -0.1) is 0 Å². The van der Waals surface area contributed by atoms with Crippen molar-refractivity contribution < 1.29 is 14.3 Å². The van der Waals surface area contributed by atoms with Gasteiger partial charge >= 0.3 is 5.97 Å². The largest absolute Gasteiger partial charge is 0.469 e. The van der Waals surface area contributed by atoms with E-state index in [0.29, 0.717) is 34.9 Å². The van der Waals surface area contributed by atoms with E-state index in [1.54, 1.807) is 10.7 Å². The van der Waals surface area contributed by atoms with Crippen LogP contribution in [0.2, 0.25) is 0 Å². The number of hydrogen-bond donors (Lipinski definition) is 1. The van der Waals surface area contributed by atoms with Crippen molar-refractivity contribution in [2.24, 2.45) is 5.92 Å². The first-order valence-corrected chi connectivity index (χ1v) is 12.8. The third-order valence-electron chi connectivity index (χ3n) is 6.77. The van der Waals surface area contributed by atoms with E-state index >= 15 is 0 Å². The molecular weight excluding hydrogens is 522 g/mol. The average molecular weight is 550 g/mol. The quantitative estimate of drug-likeness (QED) is 0.306. The van der Waals surface area contributed by atoms with Crippen LogP contribution in [0.4, 0.5) is 5.82 Å². The number of carbonyl (C=O) groups is 1. The van der Waals surface area contributed by atoms with Crippen LogP contribution in [0.25, 0.3) is 28.0 Å². The number of halogens is 1. The van der Waals surface area contributed by atoms with E-state index in [-0.39, 0.29) is 12.1 Å². The lowest BCUT2D eigenvalue weighted by atomic mass is 9.85. The molecule has 36 heavy (non-hydrogen) atoms. The van der Waals surface area contributed by atoms with Crippen molar-refractivity contribution in [3.63, 3.8) is 0 Å². The summed E-state index contributed by atoms with van der Waals surface area (Å²) < 4.78 is 13.3. The van der Waals surface area contributed by atoms with Gasteiger partial charge in [-0.25, -0.2) is 4.98 Å². The van der Waals surface area contributed by atoms with E-state index in [1.165, 1.54) is 7.11 Å². The second kappa shape index (κ2) is 10.8. The SMILES string of the molecule is COC(=O)CC1CCC(OCc2nc3c(-c4ccc(-c5ccccc5)nc4)cnn3c(N)c2Br)CC1. The molecule has 5 rings (SSSR count). The van der Waals surface area contributed by atoms with Crippen LogP contribution in [0.1, 0.15) is 37.8 Å². The first-order chi connectivity index (χ1) is 17.5. The predicted octanol–water partition coefficient (Wildman–Crippen LogP) is 5.44. The van der Waals surface area contributed by atoms with Crippen LogP contribution in [0.3, 0.4) is 0 Å². The highest BCUT2D eigenvalue weighted by molar-refractivity contribution is 9.10. The van der Waals surface area contributed by atoms with E-state index in [4.69, 9.17) is 20.2 Å². The van der Waals surface area contributed by atoms with E-state index in [9.17, 15) is 4.79 Å². The van der Waals surface area contributed by atoms with Gasteiger partial charge in [0.15, 0.2) is 5.65 Å². The number of ether oxygens (including phenoxy) is 2. The van der Waals surface area contributed by atoms with Crippen molar-refractivity contribution in [1.82, 2.24) is 19.6 Å². The minimum absolute atomic E-state index is 0.129. The summed E-state index contributed by atoms with van der Waals surface area (Å²) in [6.45, 7) is 0.337. The number of nitrogens with zero attached hydrogens (tertiary/aromatic N) is 4. The Morgan fingerprint density at radius 2 is 1.86 bits per heavy atom. The summed E-state index contributed by atoms with van der Waals surface area (Å²) in [4.78, 5) is 21.1. The molecule has 3 heterocycles. The number of anilines is 1. The Hall–Kier alpha value is -3.30. The number of fused-ring (bicyclic) bond motifs is 1. The summed E-state index contributed by atoms with van der Waals surface area (Å²) in [5.74, 6) is 0.698. The molecule has 0 amide bonds. The van der Waals surface area contributed by atoms with Crippen molar-refractivity contribution in [3.8, 4) is 22.4 Å². The number of hydrogen-bond acceptors (Lipinski definition) is 7. The van der Waals surface area contributed by atoms with Gasteiger partial charge in [-0.3, -0.25) is 9.78 Å². The molecule has 0 spiro atoms. The summed E-state index contributed by atoms with van der Waals surface area (Å²) >= 11 is 3.58. The molecule has 1 aliphatic carbocycles. The second-order valence-corrected chi connectivity index (χ2v) is 9.88. The molecule has 1 aliphatic rings. The van der Waals surface area contributed by atoms with Crippen molar-refractivity contribution in [3.05, 3.63) is 65.0 Å². The topological polar surface area (TPSA) is 105 Å². The molecule has 0 aliphatic heterocycles. The maximum absolute atomic E-state index is 11.5. The Labute approximate surface area is 218 Å². The van der Waals surface area contributed by atoms with Gasteiger partial charge in [0, 0.05) is 29.3 Å². The van der Waals surface area contributed by atoms with Crippen molar-refractivity contribution in [1.29, 1.82) is 0 Å². The molecule has 0 unspecified atom stereocenters. The minimum atomic E-state index is -0.141. The summed E-state index contributed by atoms with van der Waals surface area (Å²) in [5.41, 5.74) is 11.5. The predicted molar refractivity (Wildman–Crippen MR) is 141 cm³/mol. The molecule has 8 nitrogen and oxygen atoms in total. The van der Waals surface area contributed by atoms with Crippen LogP contribution in [-0.2, 0) is 20.9 Å². The average Bonchev–Trinajstić information content (AvgIpc) is 3.35.